The van der Waals surface area contributed by atoms with Crippen molar-refractivity contribution in [2.24, 2.45) is 0 Å². The van der Waals surface area contributed by atoms with Crippen LogP contribution < -0.4 is 10.0 Å². The van der Waals surface area contributed by atoms with E-state index < -0.39 is 10.0 Å². The van der Waals surface area contributed by atoms with Gasteiger partial charge in [-0.1, -0.05) is 24.3 Å². The minimum Gasteiger partial charge on any atom is -0.309 e. The number of benzene rings is 1. The molecular weight excluding hydrogens is 236 g/mol. The fourth-order valence-electron chi connectivity index (χ4n) is 2.25. The Balaban J connectivity index is 1.82. The second-order valence-electron chi connectivity index (χ2n) is 4.41. The summed E-state index contributed by atoms with van der Waals surface area (Å²) in [4.78, 5) is 0. The summed E-state index contributed by atoms with van der Waals surface area (Å²) >= 11 is 0. The third-order valence-corrected chi connectivity index (χ3v) is 3.74. The Bertz CT molecular complexity index is 485. The average Bonchev–Trinajstić information content (AvgIpc) is 2.67. The van der Waals surface area contributed by atoms with E-state index in [1.165, 1.54) is 17.4 Å². The third-order valence-electron chi connectivity index (χ3n) is 3.01. The molecule has 0 aromatic heterocycles. The van der Waals surface area contributed by atoms with E-state index in [1.54, 1.807) is 0 Å². The van der Waals surface area contributed by atoms with Crippen molar-refractivity contribution >= 4 is 10.0 Å². The Morgan fingerprint density at radius 1 is 1.29 bits per heavy atom. The van der Waals surface area contributed by atoms with Gasteiger partial charge in [-0.25, -0.2) is 13.1 Å². The van der Waals surface area contributed by atoms with Crippen LogP contribution >= 0.6 is 0 Å². The van der Waals surface area contributed by atoms with Gasteiger partial charge in [0.05, 0.1) is 6.26 Å². The van der Waals surface area contributed by atoms with E-state index in [0.717, 1.165) is 12.8 Å². The molecule has 0 fully saturated rings. The topological polar surface area (TPSA) is 58.2 Å². The fourth-order valence-corrected chi connectivity index (χ4v) is 2.72. The Hall–Kier alpha value is -0.910. The molecule has 1 aliphatic rings. The first-order chi connectivity index (χ1) is 8.06. The molecule has 1 aliphatic carbocycles. The SMILES string of the molecule is CS(=O)(=O)NCCNC1CCc2ccccc21. The lowest BCUT2D eigenvalue weighted by Crippen LogP contribution is -2.32. The first-order valence-electron chi connectivity index (χ1n) is 5.82. The van der Waals surface area contributed by atoms with E-state index >= 15 is 0 Å². The molecule has 0 amide bonds. The summed E-state index contributed by atoms with van der Waals surface area (Å²) in [7, 11) is -3.07. The van der Waals surface area contributed by atoms with Crippen molar-refractivity contribution in [2.45, 2.75) is 18.9 Å². The van der Waals surface area contributed by atoms with Crippen molar-refractivity contribution in [3.05, 3.63) is 35.4 Å². The third kappa shape index (κ3) is 3.52. The first kappa shape index (κ1) is 12.5. The van der Waals surface area contributed by atoms with Gasteiger partial charge in [-0.05, 0) is 24.0 Å². The van der Waals surface area contributed by atoms with Crippen LogP contribution in [0.2, 0.25) is 0 Å². The Kier molecular flexibility index (Phi) is 3.81. The lowest BCUT2D eigenvalue weighted by molar-refractivity contribution is 0.526. The van der Waals surface area contributed by atoms with Crippen molar-refractivity contribution in [3.63, 3.8) is 0 Å². The van der Waals surface area contributed by atoms with Crippen LogP contribution in [0.25, 0.3) is 0 Å². The van der Waals surface area contributed by atoms with Crippen LogP contribution in [-0.2, 0) is 16.4 Å². The van der Waals surface area contributed by atoms with Gasteiger partial charge >= 0.3 is 0 Å². The van der Waals surface area contributed by atoms with Gasteiger partial charge in [-0.3, -0.25) is 0 Å². The van der Waals surface area contributed by atoms with Crippen LogP contribution in [0.3, 0.4) is 0 Å². The number of rotatable bonds is 5. The second kappa shape index (κ2) is 5.16. The predicted octanol–water partition coefficient (Wildman–Crippen LogP) is 0.813. The van der Waals surface area contributed by atoms with Crippen molar-refractivity contribution in [1.82, 2.24) is 10.0 Å². The highest BCUT2D eigenvalue weighted by Gasteiger charge is 2.20. The maximum absolute atomic E-state index is 10.9. The van der Waals surface area contributed by atoms with Gasteiger partial charge in [-0.2, -0.15) is 0 Å². The largest absolute Gasteiger partial charge is 0.309 e. The van der Waals surface area contributed by atoms with Gasteiger partial charge in [0.2, 0.25) is 10.0 Å². The highest BCUT2D eigenvalue weighted by Crippen LogP contribution is 2.30. The van der Waals surface area contributed by atoms with Crippen LogP contribution in [0.5, 0.6) is 0 Å². The zero-order valence-corrected chi connectivity index (χ0v) is 10.8. The van der Waals surface area contributed by atoms with Gasteiger partial charge < -0.3 is 5.32 Å². The minimum absolute atomic E-state index is 0.368. The summed E-state index contributed by atoms with van der Waals surface area (Å²) in [6.07, 6.45) is 3.38. The fraction of sp³-hybridized carbons (Fsp3) is 0.500. The molecule has 0 bridgehead atoms. The molecule has 0 saturated heterocycles. The minimum atomic E-state index is -3.07. The lowest BCUT2D eigenvalue weighted by Gasteiger charge is -2.13. The molecule has 2 rings (SSSR count). The van der Waals surface area contributed by atoms with Crippen LogP contribution in [-0.4, -0.2) is 27.8 Å². The predicted molar refractivity (Wildman–Crippen MR) is 68.4 cm³/mol. The molecule has 1 unspecified atom stereocenters. The molecule has 1 aromatic carbocycles. The number of hydrogen-bond acceptors (Lipinski definition) is 3. The summed E-state index contributed by atoms with van der Waals surface area (Å²) in [5.41, 5.74) is 2.76. The summed E-state index contributed by atoms with van der Waals surface area (Å²) < 4.78 is 24.3. The lowest BCUT2D eigenvalue weighted by atomic mass is 10.1. The molecule has 5 heteroatoms. The molecule has 0 radical (unpaired) electrons. The molecule has 2 N–H and O–H groups in total. The van der Waals surface area contributed by atoms with Gasteiger partial charge in [0.15, 0.2) is 0 Å². The number of nitrogens with one attached hydrogen (secondary N) is 2. The molecule has 1 atom stereocenters. The highest BCUT2D eigenvalue weighted by atomic mass is 32.2. The van der Waals surface area contributed by atoms with Gasteiger partial charge in [0, 0.05) is 19.1 Å². The molecular formula is C12H18N2O2S. The number of hydrogen-bond donors (Lipinski definition) is 2. The van der Waals surface area contributed by atoms with E-state index in [-0.39, 0.29) is 0 Å². The van der Waals surface area contributed by atoms with Crippen molar-refractivity contribution in [3.8, 4) is 0 Å². The van der Waals surface area contributed by atoms with E-state index in [1.807, 2.05) is 6.07 Å². The Labute approximate surface area is 102 Å². The molecule has 17 heavy (non-hydrogen) atoms. The molecule has 0 spiro atoms. The number of sulfonamides is 1. The van der Waals surface area contributed by atoms with Crippen LogP contribution in [0.4, 0.5) is 0 Å². The molecule has 1 aromatic rings. The van der Waals surface area contributed by atoms with Crippen LogP contribution in [0.15, 0.2) is 24.3 Å². The standard InChI is InChI=1S/C12H18N2O2S/c1-17(15,16)14-9-8-13-12-7-6-10-4-2-3-5-11(10)12/h2-5,12-14H,6-9H2,1H3. The van der Waals surface area contributed by atoms with E-state index in [2.05, 4.69) is 28.2 Å². The zero-order valence-electron chi connectivity index (χ0n) is 9.94. The van der Waals surface area contributed by atoms with Gasteiger partial charge in [-0.15, -0.1) is 0 Å². The van der Waals surface area contributed by atoms with Crippen LogP contribution in [0, 0.1) is 0 Å². The van der Waals surface area contributed by atoms with Crippen molar-refractivity contribution in [2.75, 3.05) is 19.3 Å². The zero-order chi connectivity index (χ0) is 12.3. The maximum atomic E-state index is 10.9. The monoisotopic (exact) mass is 254 g/mol. The molecule has 0 saturated carbocycles. The van der Waals surface area contributed by atoms with Crippen molar-refractivity contribution < 1.29 is 8.42 Å². The Morgan fingerprint density at radius 2 is 2.06 bits per heavy atom. The normalized spacial score (nSPS) is 19.2. The molecule has 94 valence electrons. The molecule has 4 nitrogen and oxygen atoms in total. The highest BCUT2D eigenvalue weighted by molar-refractivity contribution is 7.88. The smallest absolute Gasteiger partial charge is 0.208 e. The van der Waals surface area contributed by atoms with E-state index in [9.17, 15) is 8.42 Å². The summed E-state index contributed by atoms with van der Waals surface area (Å²) in [6, 6.07) is 8.78. The number of fused-ring (bicyclic) bond motifs is 1. The number of aryl methyl sites for hydroxylation is 1. The molecule has 0 heterocycles. The quantitative estimate of drug-likeness (QED) is 0.765. The Morgan fingerprint density at radius 3 is 2.82 bits per heavy atom. The summed E-state index contributed by atoms with van der Waals surface area (Å²) in [5.74, 6) is 0. The summed E-state index contributed by atoms with van der Waals surface area (Å²) in [5, 5.41) is 3.38. The van der Waals surface area contributed by atoms with E-state index in [4.69, 9.17) is 0 Å². The average molecular weight is 254 g/mol. The molecule has 0 aliphatic heterocycles. The van der Waals surface area contributed by atoms with E-state index in [0.29, 0.717) is 19.1 Å². The summed E-state index contributed by atoms with van der Waals surface area (Å²) in [6.45, 7) is 1.10. The second-order valence-corrected chi connectivity index (χ2v) is 6.24. The van der Waals surface area contributed by atoms with Gasteiger partial charge in [0.25, 0.3) is 0 Å². The maximum Gasteiger partial charge on any atom is 0.208 e. The van der Waals surface area contributed by atoms with Gasteiger partial charge in [0.1, 0.15) is 0 Å². The van der Waals surface area contributed by atoms with Crippen LogP contribution in [0.1, 0.15) is 23.6 Å². The first-order valence-corrected chi connectivity index (χ1v) is 7.71. The van der Waals surface area contributed by atoms with Crippen molar-refractivity contribution in [1.29, 1.82) is 0 Å².